The number of aromatic nitrogens is 3. The van der Waals surface area contributed by atoms with Gasteiger partial charge in [-0.05, 0) is 12.1 Å². The molecule has 2 N–H and O–H groups in total. The fourth-order valence-electron chi connectivity index (χ4n) is 1.64. The van der Waals surface area contributed by atoms with Crippen molar-refractivity contribution in [1.29, 1.82) is 0 Å². The van der Waals surface area contributed by atoms with E-state index in [1.807, 2.05) is 6.92 Å². The van der Waals surface area contributed by atoms with E-state index in [0.717, 1.165) is 0 Å². The van der Waals surface area contributed by atoms with Crippen LogP contribution in [-0.2, 0) is 6.42 Å². The van der Waals surface area contributed by atoms with E-state index in [0.29, 0.717) is 29.4 Å². The van der Waals surface area contributed by atoms with Crippen molar-refractivity contribution in [2.75, 3.05) is 19.5 Å². The van der Waals surface area contributed by atoms with Crippen molar-refractivity contribution < 1.29 is 14.3 Å². The molecule has 0 aliphatic rings. The number of nitrogens with zero attached hydrogens (tertiary/aromatic N) is 2. The highest BCUT2D eigenvalue weighted by Gasteiger charge is 2.15. The number of aromatic amines is 1. The van der Waals surface area contributed by atoms with Gasteiger partial charge >= 0.3 is 0 Å². The van der Waals surface area contributed by atoms with Crippen molar-refractivity contribution >= 4 is 11.6 Å². The molecule has 1 aromatic heterocycles. The van der Waals surface area contributed by atoms with Gasteiger partial charge in [-0.3, -0.25) is 9.89 Å². The van der Waals surface area contributed by atoms with Crippen LogP contribution in [0.4, 0.5) is 5.69 Å². The maximum atomic E-state index is 12.1. The van der Waals surface area contributed by atoms with Gasteiger partial charge in [-0.2, -0.15) is 0 Å². The van der Waals surface area contributed by atoms with Crippen LogP contribution >= 0.6 is 0 Å². The molecule has 0 saturated carbocycles. The Balaban J connectivity index is 2.21. The van der Waals surface area contributed by atoms with Crippen LogP contribution < -0.4 is 14.8 Å². The number of nitrogens with one attached hydrogen (secondary N) is 2. The third-order valence-electron chi connectivity index (χ3n) is 2.72. The molecule has 0 spiro atoms. The first-order valence-corrected chi connectivity index (χ1v) is 6.12. The van der Waals surface area contributed by atoms with Gasteiger partial charge in [0.2, 0.25) is 5.82 Å². The molecule has 0 aliphatic carbocycles. The molecule has 1 heterocycles. The maximum absolute atomic E-state index is 12.1. The highest BCUT2D eigenvalue weighted by atomic mass is 16.5. The average molecular weight is 276 g/mol. The number of methoxy groups -OCH3 is 2. The molecule has 0 atom stereocenters. The minimum Gasteiger partial charge on any atom is -0.497 e. The number of carbonyl (C=O) groups is 1. The summed E-state index contributed by atoms with van der Waals surface area (Å²) < 4.78 is 10.3. The predicted molar refractivity (Wildman–Crippen MR) is 73.3 cm³/mol. The summed E-state index contributed by atoms with van der Waals surface area (Å²) in [4.78, 5) is 16.1. The molecular weight excluding hydrogens is 260 g/mol. The lowest BCUT2D eigenvalue weighted by atomic mass is 10.2. The number of amides is 1. The Hall–Kier alpha value is -2.57. The topological polar surface area (TPSA) is 89.1 Å². The van der Waals surface area contributed by atoms with Gasteiger partial charge in [-0.1, -0.05) is 6.92 Å². The summed E-state index contributed by atoms with van der Waals surface area (Å²) in [6.07, 6.45) is 0.683. The number of anilines is 1. The van der Waals surface area contributed by atoms with Crippen molar-refractivity contribution in [3.05, 3.63) is 29.8 Å². The third kappa shape index (κ3) is 2.87. The van der Waals surface area contributed by atoms with Crippen molar-refractivity contribution in [1.82, 2.24) is 15.2 Å². The van der Waals surface area contributed by atoms with Crippen molar-refractivity contribution in [3.8, 4) is 11.5 Å². The number of hydrogen-bond donors (Lipinski definition) is 2. The predicted octanol–water partition coefficient (Wildman–Crippen LogP) is 1.64. The quantitative estimate of drug-likeness (QED) is 0.866. The fourth-order valence-corrected chi connectivity index (χ4v) is 1.64. The first-order valence-electron chi connectivity index (χ1n) is 6.12. The number of rotatable bonds is 5. The van der Waals surface area contributed by atoms with Gasteiger partial charge in [0.05, 0.1) is 19.9 Å². The Morgan fingerprint density at radius 3 is 2.75 bits per heavy atom. The molecule has 0 saturated heterocycles. The van der Waals surface area contributed by atoms with Crippen molar-refractivity contribution in [3.63, 3.8) is 0 Å². The van der Waals surface area contributed by atoms with Gasteiger partial charge in [0.1, 0.15) is 17.3 Å². The summed E-state index contributed by atoms with van der Waals surface area (Å²) in [6, 6.07) is 5.13. The first-order chi connectivity index (χ1) is 9.67. The van der Waals surface area contributed by atoms with Crippen LogP contribution in [0.3, 0.4) is 0 Å². The van der Waals surface area contributed by atoms with Crippen molar-refractivity contribution in [2.24, 2.45) is 0 Å². The molecule has 7 nitrogen and oxygen atoms in total. The zero-order valence-corrected chi connectivity index (χ0v) is 11.6. The lowest BCUT2D eigenvalue weighted by molar-refractivity contribution is 0.101. The van der Waals surface area contributed by atoms with Crippen LogP contribution in [0.5, 0.6) is 11.5 Å². The average Bonchev–Trinajstić information content (AvgIpc) is 2.96. The Kier molecular flexibility index (Phi) is 4.19. The number of benzene rings is 1. The second-order valence-corrected chi connectivity index (χ2v) is 3.98. The molecule has 0 fully saturated rings. The molecule has 0 bridgehead atoms. The smallest absolute Gasteiger partial charge is 0.295 e. The van der Waals surface area contributed by atoms with E-state index in [2.05, 4.69) is 20.5 Å². The fraction of sp³-hybridized carbons (Fsp3) is 0.308. The molecule has 0 radical (unpaired) electrons. The Bertz CT molecular complexity index is 609. The van der Waals surface area contributed by atoms with Gasteiger partial charge in [-0.15, -0.1) is 5.10 Å². The van der Waals surface area contributed by atoms with Crippen molar-refractivity contribution in [2.45, 2.75) is 13.3 Å². The zero-order valence-electron chi connectivity index (χ0n) is 11.6. The molecule has 0 aliphatic heterocycles. The molecule has 2 aromatic rings. The number of aryl methyl sites for hydroxylation is 1. The normalized spacial score (nSPS) is 10.2. The van der Waals surface area contributed by atoms with Crippen LogP contribution in [0.25, 0.3) is 0 Å². The molecular formula is C13H16N4O3. The molecule has 1 aromatic carbocycles. The van der Waals surface area contributed by atoms with Crippen LogP contribution in [0, 0.1) is 0 Å². The molecule has 7 heteroatoms. The molecule has 2 rings (SSSR count). The molecule has 106 valence electrons. The third-order valence-corrected chi connectivity index (χ3v) is 2.72. The minimum absolute atomic E-state index is 0.0896. The standard InChI is InChI=1S/C13H16N4O3/c1-4-11-15-12(17-16-11)13(18)14-9-7-8(19-2)5-6-10(9)20-3/h5-7H,4H2,1-3H3,(H,14,18)(H,15,16,17). The SMILES string of the molecule is CCc1nc(C(=O)Nc2cc(OC)ccc2OC)n[nH]1. The summed E-state index contributed by atoms with van der Waals surface area (Å²) >= 11 is 0. The van der Waals surface area contributed by atoms with Gasteiger partial charge in [0, 0.05) is 12.5 Å². The molecule has 1 amide bonds. The van der Waals surface area contributed by atoms with Crippen LogP contribution in [0.2, 0.25) is 0 Å². The second kappa shape index (κ2) is 6.05. The Morgan fingerprint density at radius 1 is 1.35 bits per heavy atom. The molecule has 20 heavy (non-hydrogen) atoms. The lowest BCUT2D eigenvalue weighted by Gasteiger charge is -2.10. The van der Waals surface area contributed by atoms with E-state index in [1.54, 1.807) is 25.3 Å². The largest absolute Gasteiger partial charge is 0.497 e. The molecule has 0 unspecified atom stereocenters. The monoisotopic (exact) mass is 276 g/mol. The van der Waals surface area contributed by atoms with E-state index in [4.69, 9.17) is 9.47 Å². The Labute approximate surface area is 116 Å². The summed E-state index contributed by atoms with van der Waals surface area (Å²) in [5.74, 6) is 1.49. The lowest BCUT2D eigenvalue weighted by Crippen LogP contribution is -2.14. The van der Waals surface area contributed by atoms with Gasteiger partial charge < -0.3 is 14.8 Å². The number of H-pyrrole nitrogens is 1. The van der Waals surface area contributed by atoms with Crippen LogP contribution in [0.1, 0.15) is 23.4 Å². The van der Waals surface area contributed by atoms with E-state index >= 15 is 0 Å². The summed E-state index contributed by atoms with van der Waals surface area (Å²) in [5, 5.41) is 9.26. The summed E-state index contributed by atoms with van der Waals surface area (Å²) in [5.41, 5.74) is 0.500. The zero-order chi connectivity index (χ0) is 14.5. The number of carbonyl (C=O) groups excluding carboxylic acids is 1. The van der Waals surface area contributed by atoms with E-state index in [9.17, 15) is 4.79 Å². The number of ether oxygens (including phenoxy) is 2. The summed E-state index contributed by atoms with van der Waals surface area (Å²) in [6.45, 7) is 1.92. The highest BCUT2D eigenvalue weighted by molar-refractivity contribution is 6.02. The highest BCUT2D eigenvalue weighted by Crippen LogP contribution is 2.29. The van der Waals surface area contributed by atoms with E-state index in [1.165, 1.54) is 7.11 Å². The summed E-state index contributed by atoms with van der Waals surface area (Å²) in [7, 11) is 3.08. The van der Waals surface area contributed by atoms with Crippen LogP contribution in [0.15, 0.2) is 18.2 Å². The first kappa shape index (κ1) is 13.9. The van der Waals surface area contributed by atoms with Gasteiger partial charge in [0.15, 0.2) is 0 Å². The van der Waals surface area contributed by atoms with E-state index < -0.39 is 5.91 Å². The van der Waals surface area contributed by atoms with Gasteiger partial charge in [-0.25, -0.2) is 4.98 Å². The van der Waals surface area contributed by atoms with E-state index in [-0.39, 0.29) is 5.82 Å². The second-order valence-electron chi connectivity index (χ2n) is 3.98. The maximum Gasteiger partial charge on any atom is 0.295 e. The number of hydrogen-bond acceptors (Lipinski definition) is 5. The van der Waals surface area contributed by atoms with Crippen LogP contribution in [-0.4, -0.2) is 35.3 Å². The Morgan fingerprint density at radius 2 is 2.15 bits per heavy atom. The van der Waals surface area contributed by atoms with Gasteiger partial charge in [0.25, 0.3) is 5.91 Å². The minimum atomic E-state index is -0.410.